The molecule has 2 fully saturated rings. The van der Waals surface area contributed by atoms with Crippen LogP contribution in [0.5, 0.6) is 0 Å². The van der Waals surface area contributed by atoms with Gasteiger partial charge in [-0.25, -0.2) is 9.97 Å². The van der Waals surface area contributed by atoms with Gasteiger partial charge in [0.2, 0.25) is 12.3 Å². The molecule has 12 heteroatoms. The zero-order valence-electron chi connectivity index (χ0n) is 21.5. The van der Waals surface area contributed by atoms with Gasteiger partial charge in [0.15, 0.2) is 6.29 Å². The highest BCUT2D eigenvalue weighted by Crippen LogP contribution is 2.33. The van der Waals surface area contributed by atoms with Gasteiger partial charge in [-0.05, 0) is 20.0 Å². The van der Waals surface area contributed by atoms with Crippen molar-refractivity contribution in [3.05, 3.63) is 41.2 Å². The fourth-order valence-corrected chi connectivity index (χ4v) is 4.41. The van der Waals surface area contributed by atoms with E-state index in [1.165, 1.54) is 11.1 Å². The molecule has 1 atom stereocenters. The lowest BCUT2D eigenvalue weighted by atomic mass is 9.95. The van der Waals surface area contributed by atoms with E-state index in [9.17, 15) is 20.0 Å². The highest BCUT2D eigenvalue weighted by molar-refractivity contribution is 5.80. The number of hydrogen-bond donors (Lipinski definition) is 2. The Morgan fingerprint density at radius 3 is 2.78 bits per heavy atom. The van der Waals surface area contributed by atoms with Gasteiger partial charge in [0.05, 0.1) is 23.4 Å². The Hall–Kier alpha value is -3.79. The minimum atomic E-state index is -1.22. The van der Waals surface area contributed by atoms with Crippen molar-refractivity contribution in [2.75, 3.05) is 69.0 Å². The maximum atomic E-state index is 12.3. The van der Waals surface area contributed by atoms with Gasteiger partial charge in [0.25, 0.3) is 0 Å². The van der Waals surface area contributed by atoms with Crippen LogP contribution in [0, 0.1) is 11.3 Å². The average Bonchev–Trinajstić information content (AvgIpc) is 2.88. The number of carbonyl (C=O) groups is 2. The van der Waals surface area contributed by atoms with E-state index in [1.807, 2.05) is 23.8 Å². The molecule has 1 unspecified atom stereocenters. The summed E-state index contributed by atoms with van der Waals surface area (Å²) in [7, 11) is 5.19. The van der Waals surface area contributed by atoms with Crippen molar-refractivity contribution in [1.82, 2.24) is 19.8 Å². The highest BCUT2D eigenvalue weighted by Gasteiger charge is 2.40. The van der Waals surface area contributed by atoms with Crippen LogP contribution in [-0.2, 0) is 16.1 Å². The molecular weight excluding hydrogens is 476 g/mol. The van der Waals surface area contributed by atoms with Gasteiger partial charge >= 0.3 is 0 Å². The van der Waals surface area contributed by atoms with E-state index in [0.717, 1.165) is 6.54 Å². The van der Waals surface area contributed by atoms with Crippen molar-refractivity contribution in [3.63, 3.8) is 0 Å². The quantitative estimate of drug-likeness (QED) is 0.361. The zero-order chi connectivity index (χ0) is 26.7. The monoisotopic (exact) mass is 508 g/mol. The first-order chi connectivity index (χ1) is 17.7. The molecule has 1 amide bonds. The highest BCUT2D eigenvalue weighted by atomic mass is 16.5. The third-order valence-corrected chi connectivity index (χ3v) is 6.87. The van der Waals surface area contributed by atoms with Gasteiger partial charge in [-0.1, -0.05) is 6.07 Å². The van der Waals surface area contributed by atoms with Gasteiger partial charge in [0.1, 0.15) is 23.4 Å². The third kappa shape index (κ3) is 5.64. The molecular formula is C25H32N8O4. The largest absolute Gasteiger partial charge is 0.375 e. The SMILES string of the molecule is COC1(C)CN(c2cc(NC(O)N(C)c3ccc(CN4CCN(C)CC4=O)c(C=O)n3)ncc2C#N)C1. The maximum Gasteiger partial charge on any atom is 0.237 e. The number of carbonyl (C=O) groups excluding carboxylic acids is 2. The van der Waals surface area contributed by atoms with Crippen molar-refractivity contribution >= 4 is 29.5 Å². The van der Waals surface area contributed by atoms with Gasteiger partial charge < -0.3 is 29.9 Å². The smallest absolute Gasteiger partial charge is 0.237 e. The van der Waals surface area contributed by atoms with Crippen LogP contribution in [0.25, 0.3) is 0 Å². The number of aliphatic hydroxyl groups is 1. The molecule has 0 saturated carbocycles. The van der Waals surface area contributed by atoms with Gasteiger partial charge in [-0.2, -0.15) is 5.26 Å². The number of piperazine rings is 1. The topological polar surface area (TPSA) is 138 Å². The van der Waals surface area contributed by atoms with E-state index >= 15 is 0 Å². The number of ether oxygens (including phenoxy) is 1. The molecule has 2 aromatic heterocycles. The Labute approximate surface area is 216 Å². The predicted molar refractivity (Wildman–Crippen MR) is 137 cm³/mol. The molecule has 2 aliphatic rings. The molecule has 12 nitrogen and oxygen atoms in total. The van der Waals surface area contributed by atoms with Crippen LogP contribution in [0.2, 0.25) is 0 Å². The number of nitrogens with one attached hydrogen (secondary N) is 1. The summed E-state index contributed by atoms with van der Waals surface area (Å²) in [5, 5.41) is 23.2. The normalized spacial score (nSPS) is 18.1. The van der Waals surface area contributed by atoms with Crippen LogP contribution in [0.15, 0.2) is 24.4 Å². The summed E-state index contributed by atoms with van der Waals surface area (Å²) in [5.74, 6) is 0.744. The fraction of sp³-hybridized carbons (Fsp3) is 0.480. The van der Waals surface area contributed by atoms with Gasteiger partial charge in [-0.3, -0.25) is 14.5 Å². The standard InChI is InChI=1S/C25H32N8O4/c1-25(37-4)15-33(16-25)20-9-21(27-11-18(20)10-26)29-24(36)31(3)22-6-5-17(19(14-34)28-22)12-32-8-7-30(2)13-23(32)35/h5-6,9,11,14,24,36H,7-8,12-13,15-16H2,1-4H3,(H,27,29). The molecule has 37 heavy (non-hydrogen) atoms. The first-order valence-electron chi connectivity index (χ1n) is 12.0. The molecule has 0 bridgehead atoms. The van der Waals surface area contributed by atoms with Crippen molar-refractivity contribution in [2.45, 2.75) is 25.4 Å². The molecule has 0 aromatic carbocycles. The number of amides is 1. The molecule has 0 aliphatic carbocycles. The number of hydrogen-bond acceptors (Lipinski definition) is 11. The van der Waals surface area contributed by atoms with E-state index in [2.05, 4.69) is 21.4 Å². The van der Waals surface area contributed by atoms with E-state index in [-0.39, 0.29) is 17.2 Å². The lowest BCUT2D eigenvalue weighted by Gasteiger charge is -2.48. The number of aliphatic hydroxyl groups excluding tert-OH is 1. The first-order valence-corrected chi connectivity index (χ1v) is 12.0. The minimum Gasteiger partial charge on any atom is -0.375 e. The van der Waals surface area contributed by atoms with Crippen LogP contribution in [-0.4, -0.2) is 103 Å². The molecule has 2 aromatic rings. The second-order valence-corrected chi connectivity index (χ2v) is 9.72. The molecule has 4 rings (SSSR count). The fourth-order valence-electron chi connectivity index (χ4n) is 4.41. The lowest BCUT2D eigenvalue weighted by Crippen LogP contribution is -2.61. The number of likely N-dealkylation sites (N-methyl/N-ethyl adjacent to an activating group) is 1. The lowest BCUT2D eigenvalue weighted by molar-refractivity contribution is -0.136. The van der Waals surface area contributed by atoms with Crippen molar-refractivity contribution in [1.29, 1.82) is 5.26 Å². The minimum absolute atomic E-state index is 0.00535. The van der Waals surface area contributed by atoms with Crippen LogP contribution < -0.4 is 15.1 Å². The number of pyridine rings is 2. The Balaban J connectivity index is 1.45. The Kier molecular flexibility index (Phi) is 7.58. The van der Waals surface area contributed by atoms with E-state index in [4.69, 9.17) is 4.74 Å². The number of aromatic nitrogens is 2. The number of methoxy groups -OCH3 is 1. The second-order valence-electron chi connectivity index (χ2n) is 9.72. The Bertz CT molecular complexity index is 1210. The molecule has 196 valence electrons. The summed E-state index contributed by atoms with van der Waals surface area (Å²) in [5.41, 5.74) is 1.71. The number of aldehydes is 1. The number of nitrogens with zero attached hydrogens (tertiary/aromatic N) is 7. The summed E-state index contributed by atoms with van der Waals surface area (Å²) in [6.45, 7) is 5.27. The zero-order valence-corrected chi connectivity index (χ0v) is 21.5. The van der Waals surface area contributed by atoms with E-state index in [1.54, 1.807) is 37.3 Å². The van der Waals surface area contributed by atoms with Crippen LogP contribution in [0.3, 0.4) is 0 Å². The molecule has 2 N–H and O–H groups in total. The summed E-state index contributed by atoms with van der Waals surface area (Å²) in [6, 6.07) is 7.31. The van der Waals surface area contributed by atoms with Crippen LogP contribution in [0.1, 0.15) is 28.5 Å². The Morgan fingerprint density at radius 2 is 2.14 bits per heavy atom. The van der Waals surface area contributed by atoms with E-state index in [0.29, 0.717) is 67.5 Å². The van der Waals surface area contributed by atoms with E-state index < -0.39 is 6.35 Å². The summed E-state index contributed by atoms with van der Waals surface area (Å²) in [4.78, 5) is 39.9. The maximum absolute atomic E-state index is 12.3. The van der Waals surface area contributed by atoms with Crippen molar-refractivity contribution < 1.29 is 19.4 Å². The molecule has 2 aliphatic heterocycles. The van der Waals surface area contributed by atoms with Crippen LogP contribution in [0.4, 0.5) is 17.3 Å². The van der Waals surface area contributed by atoms with Gasteiger partial charge in [-0.15, -0.1) is 0 Å². The third-order valence-electron chi connectivity index (χ3n) is 6.87. The number of nitriles is 1. The molecule has 0 radical (unpaired) electrons. The Morgan fingerprint density at radius 1 is 1.38 bits per heavy atom. The summed E-state index contributed by atoms with van der Waals surface area (Å²) in [6.07, 6.45) is 0.901. The van der Waals surface area contributed by atoms with Gasteiger partial charge in [0, 0.05) is 64.7 Å². The number of anilines is 3. The second kappa shape index (κ2) is 10.7. The predicted octanol–water partition coefficient (Wildman–Crippen LogP) is 0.484. The number of rotatable bonds is 9. The first kappa shape index (κ1) is 26.3. The van der Waals surface area contributed by atoms with Crippen LogP contribution >= 0.6 is 0 Å². The molecule has 4 heterocycles. The molecule has 0 spiro atoms. The average molecular weight is 509 g/mol. The summed E-state index contributed by atoms with van der Waals surface area (Å²) < 4.78 is 5.50. The summed E-state index contributed by atoms with van der Waals surface area (Å²) >= 11 is 0. The molecule has 2 saturated heterocycles. The van der Waals surface area contributed by atoms with Crippen molar-refractivity contribution in [3.8, 4) is 6.07 Å². The van der Waals surface area contributed by atoms with Crippen molar-refractivity contribution in [2.24, 2.45) is 0 Å².